The number of amides is 1. The number of carbonyl (C=O) groups is 1. The summed E-state index contributed by atoms with van der Waals surface area (Å²) in [6.45, 7) is 5.82. The van der Waals surface area contributed by atoms with Gasteiger partial charge in [0.2, 0.25) is 5.91 Å². The Bertz CT molecular complexity index is 372. The highest BCUT2D eigenvalue weighted by Gasteiger charge is 2.28. The minimum Gasteiger partial charge on any atom is -0.355 e. The summed E-state index contributed by atoms with van der Waals surface area (Å²) in [5, 5.41) is 6.07. The van der Waals surface area contributed by atoms with Crippen molar-refractivity contribution in [1.29, 1.82) is 0 Å². The third-order valence-electron chi connectivity index (χ3n) is 3.97. The average molecular weight is 262 g/mol. The summed E-state index contributed by atoms with van der Waals surface area (Å²) in [5.74, 6) is 0.122. The van der Waals surface area contributed by atoms with Crippen LogP contribution < -0.4 is 10.6 Å². The van der Waals surface area contributed by atoms with E-state index in [1.54, 1.807) is 0 Å². The molecular weight excluding hydrogens is 236 g/mol. The summed E-state index contributed by atoms with van der Waals surface area (Å²) in [5.41, 5.74) is 1.37. The lowest BCUT2D eigenvalue weighted by molar-refractivity contribution is -0.121. The molecule has 0 radical (unpaired) electrons. The Kier molecular flexibility index (Phi) is 6.57. The second-order valence-electron chi connectivity index (χ2n) is 4.98. The Morgan fingerprint density at radius 2 is 1.79 bits per heavy atom. The third-order valence-corrected chi connectivity index (χ3v) is 3.97. The lowest BCUT2D eigenvalue weighted by Gasteiger charge is -2.32. The first kappa shape index (κ1) is 15.7. The van der Waals surface area contributed by atoms with Gasteiger partial charge in [0.1, 0.15) is 0 Å². The molecule has 0 aliphatic heterocycles. The molecule has 0 saturated heterocycles. The van der Waals surface area contributed by atoms with Gasteiger partial charge in [-0.15, -0.1) is 0 Å². The SMILES string of the molecule is CCC(CC)(CNC(=O)CCNC)c1ccccc1. The van der Waals surface area contributed by atoms with E-state index in [4.69, 9.17) is 0 Å². The molecule has 0 aromatic heterocycles. The number of benzene rings is 1. The number of carbonyl (C=O) groups excluding carboxylic acids is 1. The average Bonchev–Trinajstić information content (AvgIpc) is 2.48. The smallest absolute Gasteiger partial charge is 0.221 e. The van der Waals surface area contributed by atoms with Crippen molar-refractivity contribution >= 4 is 5.91 Å². The first-order chi connectivity index (χ1) is 9.18. The van der Waals surface area contributed by atoms with Crippen LogP contribution in [0.5, 0.6) is 0 Å². The molecule has 1 amide bonds. The van der Waals surface area contributed by atoms with Gasteiger partial charge in [0.25, 0.3) is 0 Å². The van der Waals surface area contributed by atoms with Crippen molar-refractivity contribution in [3.63, 3.8) is 0 Å². The second-order valence-corrected chi connectivity index (χ2v) is 4.98. The molecule has 1 rings (SSSR count). The first-order valence-corrected chi connectivity index (χ1v) is 7.15. The quantitative estimate of drug-likeness (QED) is 0.755. The Morgan fingerprint density at radius 1 is 1.16 bits per heavy atom. The van der Waals surface area contributed by atoms with Gasteiger partial charge < -0.3 is 10.6 Å². The summed E-state index contributed by atoms with van der Waals surface area (Å²) >= 11 is 0. The summed E-state index contributed by atoms with van der Waals surface area (Å²) in [7, 11) is 1.86. The molecule has 0 atom stereocenters. The van der Waals surface area contributed by atoms with Crippen LogP contribution >= 0.6 is 0 Å². The zero-order chi connectivity index (χ0) is 14.1. The maximum absolute atomic E-state index is 11.8. The fraction of sp³-hybridized carbons (Fsp3) is 0.562. The number of nitrogens with one attached hydrogen (secondary N) is 2. The van der Waals surface area contributed by atoms with Gasteiger partial charge in [-0.05, 0) is 25.5 Å². The van der Waals surface area contributed by atoms with E-state index in [-0.39, 0.29) is 11.3 Å². The number of rotatable bonds is 8. The number of hydrogen-bond donors (Lipinski definition) is 2. The van der Waals surface area contributed by atoms with Crippen LogP contribution in [0.1, 0.15) is 38.7 Å². The largest absolute Gasteiger partial charge is 0.355 e. The van der Waals surface area contributed by atoms with Crippen molar-refractivity contribution in [3.8, 4) is 0 Å². The van der Waals surface area contributed by atoms with E-state index in [9.17, 15) is 4.79 Å². The van der Waals surface area contributed by atoms with Gasteiger partial charge in [-0.25, -0.2) is 0 Å². The highest BCUT2D eigenvalue weighted by Crippen LogP contribution is 2.30. The molecule has 0 saturated carbocycles. The second kappa shape index (κ2) is 7.95. The summed E-state index contributed by atoms with van der Waals surface area (Å²) < 4.78 is 0. The normalized spacial score (nSPS) is 11.3. The minimum absolute atomic E-state index is 0.0521. The van der Waals surface area contributed by atoms with Crippen LogP contribution in [0.3, 0.4) is 0 Å². The van der Waals surface area contributed by atoms with Gasteiger partial charge >= 0.3 is 0 Å². The highest BCUT2D eigenvalue weighted by molar-refractivity contribution is 5.76. The molecule has 2 N–H and O–H groups in total. The lowest BCUT2D eigenvalue weighted by atomic mass is 9.76. The molecule has 3 heteroatoms. The van der Waals surface area contributed by atoms with Crippen molar-refractivity contribution in [2.45, 2.75) is 38.5 Å². The van der Waals surface area contributed by atoms with E-state index in [1.807, 2.05) is 13.1 Å². The fourth-order valence-corrected chi connectivity index (χ4v) is 2.40. The van der Waals surface area contributed by atoms with E-state index >= 15 is 0 Å². The fourth-order valence-electron chi connectivity index (χ4n) is 2.40. The summed E-state index contributed by atoms with van der Waals surface area (Å²) in [4.78, 5) is 11.8. The molecular formula is C16H26N2O. The van der Waals surface area contributed by atoms with Gasteiger partial charge in [0.05, 0.1) is 0 Å². The van der Waals surface area contributed by atoms with Gasteiger partial charge in [-0.1, -0.05) is 44.2 Å². The molecule has 1 aromatic rings. The lowest BCUT2D eigenvalue weighted by Crippen LogP contribution is -2.40. The molecule has 0 spiro atoms. The van der Waals surface area contributed by atoms with Crippen molar-refractivity contribution in [2.24, 2.45) is 0 Å². The standard InChI is InChI=1S/C16H26N2O/c1-4-16(5-2,14-9-7-6-8-10-14)13-18-15(19)11-12-17-3/h6-10,17H,4-5,11-13H2,1-3H3,(H,18,19). The van der Waals surface area contributed by atoms with Gasteiger partial charge in [0, 0.05) is 24.9 Å². The molecule has 19 heavy (non-hydrogen) atoms. The molecule has 3 nitrogen and oxygen atoms in total. The van der Waals surface area contributed by atoms with E-state index in [2.05, 4.69) is 48.7 Å². The van der Waals surface area contributed by atoms with E-state index < -0.39 is 0 Å². The Labute approximate surface area is 116 Å². The predicted octanol–water partition coefficient (Wildman–Crippen LogP) is 2.47. The van der Waals surface area contributed by atoms with Crippen LogP contribution in [0.25, 0.3) is 0 Å². The van der Waals surface area contributed by atoms with Crippen LogP contribution in [-0.2, 0) is 10.2 Å². The number of hydrogen-bond acceptors (Lipinski definition) is 2. The Hall–Kier alpha value is -1.35. The van der Waals surface area contributed by atoms with E-state index in [0.29, 0.717) is 13.0 Å². The van der Waals surface area contributed by atoms with Crippen LogP contribution in [0.4, 0.5) is 0 Å². The van der Waals surface area contributed by atoms with Gasteiger partial charge in [0.15, 0.2) is 0 Å². The molecule has 0 aliphatic rings. The summed E-state index contributed by atoms with van der Waals surface area (Å²) in [6.07, 6.45) is 2.59. The highest BCUT2D eigenvalue weighted by atomic mass is 16.1. The van der Waals surface area contributed by atoms with Crippen LogP contribution in [-0.4, -0.2) is 26.0 Å². The third kappa shape index (κ3) is 4.35. The predicted molar refractivity (Wildman–Crippen MR) is 80.3 cm³/mol. The van der Waals surface area contributed by atoms with Gasteiger partial charge in [-0.3, -0.25) is 4.79 Å². The monoisotopic (exact) mass is 262 g/mol. The van der Waals surface area contributed by atoms with Crippen LogP contribution in [0.15, 0.2) is 30.3 Å². The zero-order valence-corrected chi connectivity index (χ0v) is 12.3. The first-order valence-electron chi connectivity index (χ1n) is 7.15. The van der Waals surface area contributed by atoms with Gasteiger partial charge in [-0.2, -0.15) is 0 Å². The summed E-state index contributed by atoms with van der Waals surface area (Å²) in [6, 6.07) is 10.5. The molecule has 0 bridgehead atoms. The Balaban J connectivity index is 2.70. The molecule has 1 aromatic carbocycles. The topological polar surface area (TPSA) is 41.1 Å². The van der Waals surface area contributed by atoms with Crippen LogP contribution in [0, 0.1) is 0 Å². The maximum atomic E-state index is 11.8. The molecule has 0 fully saturated rings. The minimum atomic E-state index is 0.0521. The maximum Gasteiger partial charge on any atom is 0.221 e. The Morgan fingerprint density at radius 3 is 2.32 bits per heavy atom. The molecule has 0 aliphatic carbocycles. The molecule has 106 valence electrons. The van der Waals surface area contributed by atoms with E-state index in [0.717, 1.165) is 19.4 Å². The van der Waals surface area contributed by atoms with Crippen LogP contribution in [0.2, 0.25) is 0 Å². The molecule has 0 unspecified atom stereocenters. The van der Waals surface area contributed by atoms with Crippen molar-refractivity contribution < 1.29 is 4.79 Å². The zero-order valence-electron chi connectivity index (χ0n) is 12.3. The van der Waals surface area contributed by atoms with Crippen molar-refractivity contribution in [3.05, 3.63) is 35.9 Å². The van der Waals surface area contributed by atoms with Crippen molar-refractivity contribution in [2.75, 3.05) is 20.1 Å². The molecule has 0 heterocycles. The van der Waals surface area contributed by atoms with Crippen molar-refractivity contribution in [1.82, 2.24) is 10.6 Å². The van der Waals surface area contributed by atoms with E-state index in [1.165, 1.54) is 5.56 Å².